The number of hydrogen-bond acceptors (Lipinski definition) is 4. The van der Waals surface area contributed by atoms with Crippen molar-refractivity contribution in [2.24, 2.45) is 5.73 Å². The Kier molecular flexibility index (Phi) is 8.76. The Bertz CT molecular complexity index is 294. The Morgan fingerprint density at radius 1 is 1.16 bits per heavy atom. The van der Waals surface area contributed by atoms with Crippen molar-refractivity contribution >= 4 is 24.3 Å². The number of hydrogen-bond donors (Lipinski definition) is 2. The van der Waals surface area contributed by atoms with Crippen molar-refractivity contribution < 1.29 is 14.3 Å². The molecular weight excluding hydrogens is 268 g/mol. The molecule has 0 radical (unpaired) electrons. The van der Waals surface area contributed by atoms with Gasteiger partial charge in [0.15, 0.2) is 0 Å². The fourth-order valence-corrected chi connectivity index (χ4v) is 1.77. The van der Waals surface area contributed by atoms with Gasteiger partial charge in [-0.25, -0.2) is 0 Å². The van der Waals surface area contributed by atoms with Gasteiger partial charge in [-0.1, -0.05) is 19.3 Å². The van der Waals surface area contributed by atoms with E-state index >= 15 is 0 Å². The summed E-state index contributed by atoms with van der Waals surface area (Å²) in [6.45, 7) is 0.703. The molecule has 5 nitrogen and oxygen atoms in total. The smallest absolute Gasteiger partial charge is 0.305 e. The molecular formula is C13H25ClN2O3. The Hall–Kier alpha value is -0.810. The van der Waals surface area contributed by atoms with E-state index in [1.54, 1.807) is 0 Å². The second-order valence-corrected chi connectivity index (χ2v) is 5.01. The van der Waals surface area contributed by atoms with Crippen LogP contribution < -0.4 is 11.1 Å². The monoisotopic (exact) mass is 292 g/mol. The molecule has 0 aliphatic heterocycles. The van der Waals surface area contributed by atoms with Crippen LogP contribution in [0.5, 0.6) is 0 Å². The number of nitrogens with one attached hydrogen (secondary N) is 1. The molecule has 0 saturated heterocycles. The molecule has 0 heterocycles. The van der Waals surface area contributed by atoms with Crippen LogP contribution in [0.4, 0.5) is 0 Å². The number of nitrogens with two attached hydrogens (primary N) is 1. The van der Waals surface area contributed by atoms with Crippen LogP contribution >= 0.6 is 12.4 Å². The summed E-state index contributed by atoms with van der Waals surface area (Å²) in [5.41, 5.74) is 5.20. The van der Waals surface area contributed by atoms with Crippen LogP contribution in [0.1, 0.15) is 51.4 Å². The summed E-state index contributed by atoms with van der Waals surface area (Å²) in [7, 11) is 1.41. The topological polar surface area (TPSA) is 81.4 Å². The molecule has 3 N–H and O–H groups in total. The third-order valence-corrected chi connectivity index (χ3v) is 3.31. The van der Waals surface area contributed by atoms with Gasteiger partial charge in [0.1, 0.15) is 0 Å². The van der Waals surface area contributed by atoms with E-state index in [1.807, 2.05) is 0 Å². The maximum atomic E-state index is 11.5. The molecule has 6 heteroatoms. The highest BCUT2D eigenvalue weighted by atomic mass is 35.5. The number of amides is 1. The molecule has 0 aromatic heterocycles. The molecule has 0 aromatic carbocycles. The fraction of sp³-hybridized carbons (Fsp3) is 0.846. The van der Waals surface area contributed by atoms with Crippen LogP contribution in [0.2, 0.25) is 0 Å². The Morgan fingerprint density at radius 2 is 1.74 bits per heavy atom. The molecule has 0 bridgehead atoms. The third-order valence-electron chi connectivity index (χ3n) is 3.31. The molecule has 1 aliphatic rings. The first-order chi connectivity index (χ1) is 8.58. The minimum atomic E-state index is -0.555. The number of halogens is 1. The van der Waals surface area contributed by atoms with Gasteiger partial charge >= 0.3 is 5.97 Å². The lowest BCUT2D eigenvalue weighted by atomic mass is 10.1. The average Bonchev–Trinajstić information content (AvgIpc) is 3.11. The number of ether oxygens (including phenoxy) is 1. The van der Waals surface area contributed by atoms with Crippen molar-refractivity contribution in [3.05, 3.63) is 0 Å². The second kappa shape index (κ2) is 9.15. The summed E-state index contributed by atoms with van der Waals surface area (Å²) in [6.07, 6.45) is 7.16. The van der Waals surface area contributed by atoms with Gasteiger partial charge in [-0.2, -0.15) is 0 Å². The maximum absolute atomic E-state index is 11.5. The Labute approximate surface area is 121 Å². The maximum Gasteiger partial charge on any atom is 0.305 e. The average molecular weight is 293 g/mol. The van der Waals surface area contributed by atoms with Crippen molar-refractivity contribution in [2.45, 2.75) is 56.9 Å². The Balaban J connectivity index is 0.00000324. The van der Waals surface area contributed by atoms with Crippen molar-refractivity contribution in [3.8, 4) is 0 Å². The summed E-state index contributed by atoms with van der Waals surface area (Å²) >= 11 is 0. The summed E-state index contributed by atoms with van der Waals surface area (Å²) in [5.74, 6) is -0.145. The van der Waals surface area contributed by atoms with Crippen LogP contribution in [0.3, 0.4) is 0 Å². The zero-order chi connectivity index (χ0) is 13.4. The van der Waals surface area contributed by atoms with Gasteiger partial charge < -0.3 is 15.8 Å². The molecule has 0 aromatic rings. The zero-order valence-corrected chi connectivity index (χ0v) is 12.4. The molecule has 0 spiro atoms. The number of methoxy groups -OCH3 is 1. The lowest BCUT2D eigenvalue weighted by molar-refractivity contribution is -0.140. The van der Waals surface area contributed by atoms with Crippen molar-refractivity contribution in [1.29, 1.82) is 0 Å². The van der Waals surface area contributed by atoms with Crippen LogP contribution in [-0.4, -0.2) is 31.1 Å². The summed E-state index contributed by atoms with van der Waals surface area (Å²) < 4.78 is 4.56. The standard InChI is InChI=1S/C13H24N2O3.ClH/c1-18-11(16)7-5-3-2-4-6-10-15-12(17)13(14)8-9-13;/h2-10,14H2,1H3,(H,15,17);1H. The SMILES string of the molecule is COC(=O)CCCCCCCNC(=O)C1(N)CC1.Cl. The summed E-state index contributed by atoms with van der Waals surface area (Å²) in [5, 5.41) is 2.87. The predicted molar refractivity (Wildman–Crippen MR) is 76.1 cm³/mol. The third kappa shape index (κ3) is 7.38. The molecule has 1 saturated carbocycles. The van der Waals surface area contributed by atoms with E-state index < -0.39 is 5.54 Å². The van der Waals surface area contributed by atoms with Crippen LogP contribution in [0.25, 0.3) is 0 Å². The van der Waals surface area contributed by atoms with E-state index in [1.165, 1.54) is 7.11 Å². The first-order valence-electron chi connectivity index (χ1n) is 6.72. The minimum Gasteiger partial charge on any atom is -0.469 e. The van der Waals surface area contributed by atoms with Gasteiger partial charge in [0.05, 0.1) is 12.6 Å². The summed E-state index contributed by atoms with van der Waals surface area (Å²) in [6, 6.07) is 0. The number of carbonyl (C=O) groups excluding carboxylic acids is 2. The number of carbonyl (C=O) groups is 2. The van der Waals surface area contributed by atoms with E-state index in [2.05, 4.69) is 10.1 Å². The number of esters is 1. The highest BCUT2D eigenvalue weighted by molar-refractivity contribution is 5.88. The van der Waals surface area contributed by atoms with E-state index in [-0.39, 0.29) is 24.3 Å². The van der Waals surface area contributed by atoms with Crippen molar-refractivity contribution in [2.75, 3.05) is 13.7 Å². The lowest BCUT2D eigenvalue weighted by Crippen LogP contribution is -2.42. The molecule has 112 valence electrons. The molecule has 0 unspecified atom stereocenters. The summed E-state index contributed by atoms with van der Waals surface area (Å²) in [4.78, 5) is 22.3. The largest absolute Gasteiger partial charge is 0.469 e. The van der Waals surface area contributed by atoms with E-state index in [0.717, 1.165) is 44.9 Å². The predicted octanol–water partition coefficient (Wildman–Crippen LogP) is 1.53. The van der Waals surface area contributed by atoms with E-state index in [9.17, 15) is 9.59 Å². The number of unbranched alkanes of at least 4 members (excludes halogenated alkanes) is 4. The minimum absolute atomic E-state index is 0. The van der Waals surface area contributed by atoms with Gasteiger partial charge in [-0.15, -0.1) is 12.4 Å². The molecule has 1 fully saturated rings. The van der Waals surface area contributed by atoms with Gasteiger partial charge in [0.2, 0.25) is 5.91 Å². The first kappa shape index (κ1) is 18.2. The quantitative estimate of drug-likeness (QED) is 0.499. The number of rotatable bonds is 9. The molecule has 1 amide bonds. The Morgan fingerprint density at radius 3 is 2.32 bits per heavy atom. The normalized spacial score (nSPS) is 15.3. The van der Waals surface area contributed by atoms with Crippen molar-refractivity contribution in [1.82, 2.24) is 5.32 Å². The lowest BCUT2D eigenvalue weighted by Gasteiger charge is -2.09. The van der Waals surface area contributed by atoms with E-state index in [4.69, 9.17) is 5.73 Å². The highest BCUT2D eigenvalue weighted by Gasteiger charge is 2.45. The first-order valence-corrected chi connectivity index (χ1v) is 6.72. The zero-order valence-electron chi connectivity index (χ0n) is 11.6. The molecule has 1 aliphatic carbocycles. The van der Waals surface area contributed by atoms with Gasteiger partial charge in [0.25, 0.3) is 0 Å². The van der Waals surface area contributed by atoms with Crippen LogP contribution in [0, 0.1) is 0 Å². The second-order valence-electron chi connectivity index (χ2n) is 5.01. The van der Waals surface area contributed by atoms with Gasteiger partial charge in [-0.05, 0) is 25.7 Å². The molecule has 1 rings (SSSR count). The molecule has 19 heavy (non-hydrogen) atoms. The molecule has 0 atom stereocenters. The van der Waals surface area contributed by atoms with Crippen LogP contribution in [0.15, 0.2) is 0 Å². The highest BCUT2D eigenvalue weighted by Crippen LogP contribution is 2.31. The fourth-order valence-electron chi connectivity index (χ4n) is 1.77. The van der Waals surface area contributed by atoms with Gasteiger partial charge in [0, 0.05) is 13.0 Å². The van der Waals surface area contributed by atoms with Gasteiger partial charge in [-0.3, -0.25) is 9.59 Å². The van der Waals surface area contributed by atoms with Crippen LogP contribution in [-0.2, 0) is 14.3 Å². The van der Waals surface area contributed by atoms with Crippen molar-refractivity contribution in [3.63, 3.8) is 0 Å². The van der Waals surface area contributed by atoms with E-state index in [0.29, 0.717) is 13.0 Å².